The van der Waals surface area contributed by atoms with Gasteiger partial charge in [0.05, 0.1) is 0 Å². The Labute approximate surface area is 138 Å². The van der Waals surface area contributed by atoms with Gasteiger partial charge >= 0.3 is 0 Å². The molecule has 7 heteroatoms. The maximum atomic E-state index is 3.74. The zero-order valence-electron chi connectivity index (χ0n) is 15.5. The first-order chi connectivity index (χ1) is 7.41. The van der Waals surface area contributed by atoms with E-state index in [-0.39, 0.29) is 17.6 Å². The predicted molar refractivity (Wildman–Crippen MR) is 105 cm³/mol. The zero-order valence-corrected chi connectivity index (χ0v) is 21.6. The molecule has 19 heavy (non-hydrogen) atoms. The van der Waals surface area contributed by atoms with Gasteiger partial charge in [-0.2, -0.15) is 0 Å². The minimum Gasteiger partial charge on any atom is -0.360 e. The van der Waals surface area contributed by atoms with E-state index in [0.29, 0.717) is 0 Å². The van der Waals surface area contributed by atoms with Crippen LogP contribution in [0.4, 0.5) is 0 Å². The standard InChI is InChI=1S/2C6H19NSi2.Ge/c2*1-8(2,3)7-9(4,5)6;/h2*7H,1-6H3;. The van der Waals surface area contributed by atoms with Crippen molar-refractivity contribution in [2.75, 3.05) is 0 Å². The van der Waals surface area contributed by atoms with E-state index in [0.717, 1.165) is 0 Å². The summed E-state index contributed by atoms with van der Waals surface area (Å²) in [5.74, 6) is 0. The van der Waals surface area contributed by atoms with Gasteiger partial charge in [0.1, 0.15) is 32.9 Å². The quantitative estimate of drug-likeness (QED) is 0.700. The zero-order chi connectivity index (χ0) is 15.4. The molecule has 0 heterocycles. The molecule has 0 aromatic carbocycles. The van der Waals surface area contributed by atoms with E-state index in [9.17, 15) is 0 Å². The summed E-state index contributed by atoms with van der Waals surface area (Å²) in [5, 5.41) is 0. The van der Waals surface area contributed by atoms with Crippen molar-refractivity contribution in [2.24, 2.45) is 0 Å². The first kappa shape index (κ1) is 25.3. The molecule has 0 aliphatic heterocycles. The molecule has 4 radical (unpaired) electrons. The van der Waals surface area contributed by atoms with Crippen LogP contribution >= 0.6 is 0 Å². The molecule has 0 saturated carbocycles. The molecule has 0 amide bonds. The summed E-state index contributed by atoms with van der Waals surface area (Å²) < 4.78 is 7.47. The molecule has 0 atom stereocenters. The second-order valence-electron chi connectivity index (χ2n) is 9.25. The van der Waals surface area contributed by atoms with E-state index in [1.54, 1.807) is 0 Å². The van der Waals surface area contributed by atoms with Crippen molar-refractivity contribution in [3.05, 3.63) is 0 Å². The van der Waals surface area contributed by atoms with Gasteiger partial charge in [-0.3, -0.25) is 0 Å². The van der Waals surface area contributed by atoms with Gasteiger partial charge in [0, 0.05) is 17.6 Å². The van der Waals surface area contributed by atoms with Crippen molar-refractivity contribution in [3.8, 4) is 0 Å². The summed E-state index contributed by atoms with van der Waals surface area (Å²) in [7, 11) is -3.92. The van der Waals surface area contributed by atoms with Crippen molar-refractivity contribution in [1.82, 2.24) is 9.30 Å². The Balaban J connectivity index is -0.000000256. The molecule has 0 saturated heterocycles. The van der Waals surface area contributed by atoms with Crippen LogP contribution in [0.5, 0.6) is 0 Å². The average molecular weight is 395 g/mol. The van der Waals surface area contributed by atoms with Gasteiger partial charge < -0.3 is 9.30 Å². The van der Waals surface area contributed by atoms with Crippen LogP contribution in [0.2, 0.25) is 78.6 Å². The van der Waals surface area contributed by atoms with Crippen LogP contribution < -0.4 is 9.30 Å². The first-order valence-electron chi connectivity index (χ1n) is 7.00. The van der Waals surface area contributed by atoms with Gasteiger partial charge in [0.25, 0.3) is 0 Å². The second-order valence-corrected chi connectivity index (χ2v) is 29.2. The van der Waals surface area contributed by atoms with Crippen LogP contribution in [0.1, 0.15) is 0 Å². The molecule has 2 nitrogen and oxygen atoms in total. The third-order valence-corrected chi connectivity index (χ3v) is 13.5. The molecule has 0 fully saturated rings. The molecular weight excluding hydrogens is 357 g/mol. The molecular formula is C12H38GeN2Si4. The third kappa shape index (κ3) is 32.7. The van der Waals surface area contributed by atoms with Crippen LogP contribution in [0.3, 0.4) is 0 Å². The molecule has 0 aromatic rings. The minimum absolute atomic E-state index is 0. The minimum atomic E-state index is -0.981. The fourth-order valence-corrected chi connectivity index (χ4v) is 20.2. The van der Waals surface area contributed by atoms with Crippen molar-refractivity contribution < 1.29 is 0 Å². The monoisotopic (exact) mass is 396 g/mol. The van der Waals surface area contributed by atoms with E-state index in [1.807, 2.05) is 0 Å². The Morgan fingerprint density at radius 2 is 0.474 bits per heavy atom. The number of rotatable bonds is 4. The Morgan fingerprint density at radius 1 is 0.368 bits per heavy atom. The van der Waals surface area contributed by atoms with Gasteiger partial charge in [-0.25, -0.2) is 0 Å². The third-order valence-electron chi connectivity index (χ3n) is 1.50. The summed E-state index contributed by atoms with van der Waals surface area (Å²) in [5.41, 5.74) is 0. The summed E-state index contributed by atoms with van der Waals surface area (Å²) >= 11 is 0. The van der Waals surface area contributed by atoms with Crippen molar-refractivity contribution >= 4 is 50.5 Å². The molecule has 0 aromatic heterocycles. The summed E-state index contributed by atoms with van der Waals surface area (Å²) in [4.78, 5) is 0. The SMILES string of the molecule is C[Si](C)(C)N[Si](C)(C)C.C[Si](C)(C)N[Si](C)(C)C.[Ge]. The Bertz CT molecular complexity index is 184. The van der Waals surface area contributed by atoms with Crippen molar-refractivity contribution in [1.29, 1.82) is 0 Å². The van der Waals surface area contributed by atoms with Crippen molar-refractivity contribution in [3.63, 3.8) is 0 Å². The molecule has 2 N–H and O–H groups in total. The molecule has 0 rings (SSSR count). The van der Waals surface area contributed by atoms with Crippen LogP contribution in [0.25, 0.3) is 0 Å². The summed E-state index contributed by atoms with van der Waals surface area (Å²) in [6.07, 6.45) is 0. The number of nitrogens with one attached hydrogen (secondary N) is 2. The number of hydrogen-bond donors (Lipinski definition) is 2. The van der Waals surface area contributed by atoms with E-state index in [4.69, 9.17) is 0 Å². The van der Waals surface area contributed by atoms with Gasteiger partial charge in [0.15, 0.2) is 0 Å². The second kappa shape index (κ2) is 8.70. The fourth-order valence-electron chi connectivity index (χ4n) is 2.25. The predicted octanol–water partition coefficient (Wildman–Crippen LogP) is 4.11. The topological polar surface area (TPSA) is 24.1 Å². The van der Waals surface area contributed by atoms with E-state index < -0.39 is 32.9 Å². The molecule has 0 aliphatic carbocycles. The van der Waals surface area contributed by atoms with Crippen LogP contribution in [-0.2, 0) is 0 Å². The molecule has 0 unspecified atom stereocenters. The van der Waals surface area contributed by atoms with E-state index >= 15 is 0 Å². The smallest absolute Gasteiger partial charge is 0.109 e. The molecule has 0 bridgehead atoms. The van der Waals surface area contributed by atoms with E-state index in [1.165, 1.54) is 0 Å². The molecule has 0 aliphatic rings. The van der Waals surface area contributed by atoms with Gasteiger partial charge in [-0.05, 0) is 0 Å². The Morgan fingerprint density at radius 3 is 0.474 bits per heavy atom. The van der Waals surface area contributed by atoms with Gasteiger partial charge in [-0.1, -0.05) is 78.6 Å². The van der Waals surface area contributed by atoms with E-state index in [2.05, 4.69) is 87.9 Å². The maximum Gasteiger partial charge on any atom is 0.109 e. The average Bonchev–Trinajstić information content (AvgIpc) is 1.64. The van der Waals surface area contributed by atoms with Crippen LogP contribution in [-0.4, -0.2) is 50.5 Å². The number of hydrogen-bond acceptors (Lipinski definition) is 2. The molecule has 116 valence electrons. The van der Waals surface area contributed by atoms with Crippen LogP contribution in [0.15, 0.2) is 0 Å². The van der Waals surface area contributed by atoms with Crippen LogP contribution in [0, 0.1) is 0 Å². The maximum absolute atomic E-state index is 3.74. The Hall–Kier alpha value is 1.33. The largest absolute Gasteiger partial charge is 0.360 e. The van der Waals surface area contributed by atoms with Crippen molar-refractivity contribution in [2.45, 2.75) is 78.6 Å². The van der Waals surface area contributed by atoms with Gasteiger partial charge in [0.2, 0.25) is 0 Å². The summed E-state index contributed by atoms with van der Waals surface area (Å²) in [6.45, 7) is 28.2. The summed E-state index contributed by atoms with van der Waals surface area (Å²) in [6, 6.07) is 0. The fraction of sp³-hybridized carbons (Fsp3) is 1.00. The molecule has 0 spiro atoms. The normalized spacial score (nSPS) is 13.3. The van der Waals surface area contributed by atoms with Gasteiger partial charge in [-0.15, -0.1) is 0 Å². The Kier molecular flexibility index (Phi) is 11.6. The first-order valence-corrected chi connectivity index (χ1v) is 21.0.